The van der Waals surface area contributed by atoms with Crippen LogP contribution in [0.2, 0.25) is 0 Å². The number of carboxylic acids is 6. The standard InChI is InChI=1S/2C6H8O7.18CN.6Fe.3K.3H3N/c2*7-3(8)1-6(13,5(11)12)2-4(9)10;18*1-2;;;;;;;;;;;;/h2*13H,1-2H2,(H,7,8)(H,9,10)(H,11,12);;;;;;;;;;;;;;;;;;;;;;;;;;;;3*1H3/q;;18*-1;6*+3;3*+1;;;/p-3. The normalized spacial score (nSPS) is 4.30. The average Bonchev–Trinajstić information content (AvgIpc) is 3.34. The predicted molar refractivity (Wildman–Crippen MR) is 166 cm³/mol. The second-order valence-corrected chi connectivity index (χ2v) is 4.83. The van der Waals surface area contributed by atoms with E-state index < -0.39 is 72.7 Å². The number of aliphatic carboxylic acids is 6. The van der Waals surface area contributed by atoms with Gasteiger partial charge in [0.25, 0.3) is 0 Å². The van der Waals surface area contributed by atoms with E-state index in [9.17, 15) is 59.4 Å². The minimum atomic E-state index is -2.97. The van der Waals surface area contributed by atoms with Gasteiger partial charge in [0.05, 0.1) is 11.9 Å². The van der Waals surface area contributed by atoms with Gasteiger partial charge in [-0.2, -0.15) is 0 Å². The van der Waals surface area contributed by atoms with Crippen LogP contribution in [-0.2, 0) is 131 Å². The van der Waals surface area contributed by atoms with Crippen LogP contribution in [0.15, 0.2) is 0 Å². The van der Waals surface area contributed by atoms with Crippen LogP contribution < -0.4 is 203 Å². The Kier molecular flexibility index (Phi) is 1130. The Labute approximate surface area is 620 Å². The van der Waals surface area contributed by atoms with Gasteiger partial charge in [-0.3, -0.25) is 0 Å². The van der Waals surface area contributed by atoms with Crippen LogP contribution in [0.5, 0.6) is 0 Å². The molecule has 0 aliphatic heterocycles. The van der Waals surface area contributed by atoms with Crippen molar-refractivity contribution in [3.05, 3.63) is 118 Å². The molecule has 0 atom stereocenters. The van der Waals surface area contributed by atoms with Crippen molar-refractivity contribution in [1.29, 1.82) is 94.7 Å². The Morgan fingerprint density at radius 3 is 0.338 bits per heavy atom. The summed E-state index contributed by atoms with van der Waals surface area (Å²) in [5.41, 5.74) is -5.95. The molecule has 0 saturated carbocycles. The monoisotopic (exact) mass is 1350 g/mol. The van der Waals surface area contributed by atoms with Gasteiger partial charge in [0.1, 0.15) is 11.2 Å². The number of quaternary nitrogens is 3. The van der Waals surface area contributed by atoms with Gasteiger partial charge >= 0.3 is 257 Å². The average molecular weight is 1350 g/mol. The predicted octanol–water partition coefficient (Wildman–Crippen LogP) is -16.6. The van der Waals surface area contributed by atoms with Crippen LogP contribution in [0, 0.1) is 213 Å². The Balaban J connectivity index is -0.00000000901. The third kappa shape index (κ3) is 395. The first-order valence-electron chi connectivity index (χ1n) is 10.3. The quantitative estimate of drug-likeness (QED) is 0.100. The summed E-state index contributed by atoms with van der Waals surface area (Å²) in [5.74, 6) is -12.0. The van der Waals surface area contributed by atoms with E-state index in [0.717, 1.165) is 0 Å². The fraction of sp³-hybridized carbons (Fsp3) is 0.200. The second kappa shape index (κ2) is 359. The second-order valence-electron chi connectivity index (χ2n) is 4.83. The molecule has 0 amide bonds. The molecular formula is C30H22Fe6K3N21O14. The maximum atomic E-state index is 10.1. The Morgan fingerprint density at radius 1 is 0.257 bits per heavy atom. The molecule has 0 fully saturated rings. The van der Waals surface area contributed by atoms with Gasteiger partial charge in [0, 0.05) is 49.6 Å². The fourth-order valence-corrected chi connectivity index (χ4v) is 1.37. The van der Waals surface area contributed by atoms with Crippen molar-refractivity contribution in [3.63, 3.8) is 0 Å². The van der Waals surface area contributed by atoms with Crippen LogP contribution in [0.1, 0.15) is 25.7 Å². The maximum Gasteiger partial charge on any atom is 3.00 e. The summed E-state index contributed by atoms with van der Waals surface area (Å²) in [6.07, 6.45) is -5.43. The summed E-state index contributed by atoms with van der Waals surface area (Å²) in [7, 11) is 0. The Hall–Kier alpha value is -4.53. The molecule has 0 saturated heterocycles. The molecule has 74 heavy (non-hydrogen) atoms. The van der Waals surface area contributed by atoms with Crippen LogP contribution in [0.3, 0.4) is 0 Å². The molecule has 44 heteroatoms. The number of aliphatic hydroxyl groups is 2. The molecule has 0 aromatic carbocycles. The molecule has 0 aromatic heterocycles. The number of nitrogens with zero attached hydrogens (tertiary/aromatic N) is 18. The van der Waals surface area contributed by atoms with Gasteiger partial charge in [-0.25, -0.2) is 0 Å². The molecule has 0 aromatic rings. The van der Waals surface area contributed by atoms with Gasteiger partial charge in [0.15, 0.2) is 0 Å². The third-order valence-corrected chi connectivity index (χ3v) is 2.51. The summed E-state index contributed by atoms with van der Waals surface area (Å²) in [6, 6.07) is 0. The van der Waals surface area contributed by atoms with E-state index in [1.807, 2.05) is 0 Å². The number of hydrogen-bond acceptors (Lipinski definition) is 32. The first-order chi connectivity index (χ1) is 29.6. The minimum absolute atomic E-state index is 0. The SMILES string of the molecule is O=C([O-])CC(O)(CC(=O)[O-])C(=O)[O-].O=C([O-])CC(O)(CC(=O)[O-])C(=O)[O-].[C-]#N.[C-]#N.[C-]#N.[C-]#N.[C-]#N.[C-]#N.[C-]#N.[C-]#N.[C-]#N.[C-]#N.[C-]#N.[C-]#N.[C-]#N.[C-]#N.[C-]#N.[C-]#N.[C-]#N.[C-]#N.[Fe+3].[Fe+3].[Fe+3].[Fe+3].[Fe+3].[Fe+3].[K+].[K+].[K+].[NH4+].[NH4+].[NH4+]. The smallest absolute Gasteiger partial charge is 0.550 e. The van der Waals surface area contributed by atoms with E-state index in [2.05, 4.69) is 0 Å². The molecule has 0 unspecified atom stereocenters. The van der Waals surface area contributed by atoms with Crippen LogP contribution in [-0.4, -0.2) is 57.2 Å². The number of carboxylic acid groups (broad SMARTS) is 6. The zero-order chi connectivity index (χ0) is 57.3. The van der Waals surface area contributed by atoms with Gasteiger partial charge in [-0.05, 0) is 0 Å². The van der Waals surface area contributed by atoms with Crippen LogP contribution in [0.25, 0.3) is 0 Å². The molecule has 0 bridgehead atoms. The van der Waals surface area contributed by atoms with E-state index in [1.165, 1.54) is 0 Å². The molecule has 0 aliphatic rings. The molecule has 0 rings (SSSR count). The summed E-state index contributed by atoms with van der Waals surface area (Å²) in [5, 5.41) is 190. The molecule has 0 aliphatic carbocycles. The van der Waals surface area contributed by atoms with Crippen molar-refractivity contribution in [1.82, 2.24) is 18.5 Å². The molecule has 0 spiro atoms. The third-order valence-electron chi connectivity index (χ3n) is 2.51. The van der Waals surface area contributed by atoms with E-state index in [-0.39, 0.29) is 275 Å². The number of rotatable bonds is 10. The Bertz CT molecular complexity index is 1150. The zero-order valence-electron chi connectivity index (χ0n) is 37.8. The van der Waals surface area contributed by atoms with Crippen molar-refractivity contribution in [2.75, 3.05) is 0 Å². The topological polar surface area (TPSA) is 819 Å². The Morgan fingerprint density at radius 2 is 0.311 bits per heavy atom. The van der Waals surface area contributed by atoms with Gasteiger partial charge in [-0.15, -0.1) is 0 Å². The van der Waals surface area contributed by atoms with Crippen molar-refractivity contribution in [3.8, 4) is 0 Å². The van der Waals surface area contributed by atoms with E-state index in [1.54, 1.807) is 0 Å². The summed E-state index contributed by atoms with van der Waals surface area (Å²) < 4.78 is 0. The van der Waals surface area contributed by atoms with Gasteiger partial charge in [0.2, 0.25) is 0 Å². The molecular weight excluding hydrogens is 1330 g/mol. The van der Waals surface area contributed by atoms with Crippen molar-refractivity contribution in [2.45, 2.75) is 36.9 Å². The van der Waals surface area contributed by atoms with E-state index in [4.69, 9.17) is 223 Å². The van der Waals surface area contributed by atoms with Crippen molar-refractivity contribution >= 4 is 35.8 Å². The van der Waals surface area contributed by atoms with Crippen LogP contribution >= 0.6 is 0 Å². The first kappa shape index (κ1) is 232. The molecule has 382 valence electrons. The fourth-order valence-electron chi connectivity index (χ4n) is 1.37. The van der Waals surface area contributed by atoms with Gasteiger partial charge in [-0.1, -0.05) is 0 Å². The van der Waals surface area contributed by atoms with Crippen LogP contribution in [0.4, 0.5) is 0 Å². The van der Waals surface area contributed by atoms with E-state index >= 15 is 0 Å². The number of carbonyl (C=O) groups excluding carboxylic acids is 6. The summed E-state index contributed by atoms with van der Waals surface area (Å²) in [4.78, 5) is 60.0. The number of carbonyl (C=O) groups is 6. The molecule has 0 heterocycles. The number of hydrogen-bond donors (Lipinski definition) is 5. The summed E-state index contributed by atoms with van der Waals surface area (Å²) >= 11 is 0. The van der Waals surface area contributed by atoms with Crippen molar-refractivity contribution < 1.29 is 326 Å². The minimum Gasteiger partial charge on any atom is -0.550 e. The summed E-state index contributed by atoms with van der Waals surface area (Å²) in [6.45, 7) is 85.5. The zero-order valence-corrected chi connectivity index (χ0v) is 53.8. The molecule has 14 N–H and O–H groups in total. The van der Waals surface area contributed by atoms with Crippen molar-refractivity contribution in [2.24, 2.45) is 0 Å². The first-order valence-corrected chi connectivity index (χ1v) is 10.3. The molecule has 6 radical (unpaired) electrons. The largest absolute Gasteiger partial charge is 3.00 e. The van der Waals surface area contributed by atoms with E-state index in [0.29, 0.717) is 0 Å². The maximum absolute atomic E-state index is 10.1. The molecule has 35 nitrogen and oxygen atoms in total. The van der Waals surface area contributed by atoms with Gasteiger partial charge < -0.3 is 301 Å².